The summed E-state index contributed by atoms with van der Waals surface area (Å²) in [6.07, 6.45) is 0.309. The number of nitrogens with zero attached hydrogens (tertiary/aromatic N) is 1. The number of aryl methyl sites for hydroxylation is 1. The van der Waals surface area contributed by atoms with Gasteiger partial charge in [0.2, 0.25) is 5.91 Å². The van der Waals surface area contributed by atoms with Crippen LogP contribution in [-0.2, 0) is 16.0 Å². The SMILES string of the molecule is O=C(O)[C@@H]1CC(O)CN1C(=O)CCc1cccs1. The Hall–Kier alpha value is -1.40. The molecule has 1 amide bonds. The number of aliphatic hydroxyl groups is 1. The number of β-amino-alcohol motifs (C(OH)–C–C–N with tert-alkyl or cyclic N) is 1. The zero-order chi connectivity index (χ0) is 13.1. The van der Waals surface area contributed by atoms with Gasteiger partial charge >= 0.3 is 5.97 Å². The highest BCUT2D eigenvalue weighted by molar-refractivity contribution is 7.09. The predicted octanol–water partition coefficient (Wildman–Crippen LogP) is 0.727. The van der Waals surface area contributed by atoms with Crippen LogP contribution in [0.2, 0.25) is 0 Å². The van der Waals surface area contributed by atoms with E-state index in [1.165, 1.54) is 4.90 Å². The third kappa shape index (κ3) is 2.88. The molecule has 0 aliphatic carbocycles. The Morgan fingerprint density at radius 3 is 2.89 bits per heavy atom. The first-order valence-electron chi connectivity index (χ1n) is 5.80. The fraction of sp³-hybridized carbons (Fsp3) is 0.500. The zero-order valence-electron chi connectivity index (χ0n) is 9.78. The van der Waals surface area contributed by atoms with E-state index in [-0.39, 0.29) is 25.3 Å². The van der Waals surface area contributed by atoms with E-state index in [2.05, 4.69) is 0 Å². The summed E-state index contributed by atoms with van der Waals surface area (Å²) in [4.78, 5) is 25.3. The fourth-order valence-electron chi connectivity index (χ4n) is 2.15. The summed E-state index contributed by atoms with van der Waals surface area (Å²) in [5.41, 5.74) is 0. The minimum atomic E-state index is -1.05. The number of carboxylic acids is 1. The largest absolute Gasteiger partial charge is 0.480 e. The lowest BCUT2D eigenvalue weighted by Gasteiger charge is -2.20. The van der Waals surface area contributed by atoms with E-state index in [0.29, 0.717) is 6.42 Å². The van der Waals surface area contributed by atoms with Gasteiger partial charge in [-0.05, 0) is 17.9 Å². The highest BCUT2D eigenvalue weighted by Gasteiger charge is 2.38. The first kappa shape index (κ1) is 13.0. The molecular formula is C12H15NO4S. The Labute approximate surface area is 109 Å². The second-order valence-corrected chi connectivity index (χ2v) is 5.40. The summed E-state index contributed by atoms with van der Waals surface area (Å²) in [6.45, 7) is 0.125. The first-order valence-corrected chi connectivity index (χ1v) is 6.68. The Bertz CT molecular complexity index is 431. The van der Waals surface area contributed by atoms with E-state index >= 15 is 0 Å². The average molecular weight is 269 g/mol. The molecule has 1 unspecified atom stereocenters. The van der Waals surface area contributed by atoms with Gasteiger partial charge in [-0.2, -0.15) is 0 Å². The molecule has 18 heavy (non-hydrogen) atoms. The van der Waals surface area contributed by atoms with Crippen LogP contribution in [-0.4, -0.2) is 45.7 Å². The summed E-state index contributed by atoms with van der Waals surface area (Å²) >= 11 is 1.58. The van der Waals surface area contributed by atoms with Crippen molar-refractivity contribution >= 4 is 23.2 Å². The highest BCUT2D eigenvalue weighted by atomic mass is 32.1. The quantitative estimate of drug-likeness (QED) is 0.844. The Balaban J connectivity index is 1.93. The molecule has 98 valence electrons. The minimum Gasteiger partial charge on any atom is -0.480 e. The Morgan fingerprint density at radius 2 is 2.28 bits per heavy atom. The Morgan fingerprint density at radius 1 is 1.50 bits per heavy atom. The molecule has 6 heteroatoms. The molecule has 1 saturated heterocycles. The number of likely N-dealkylation sites (tertiary alicyclic amines) is 1. The summed E-state index contributed by atoms with van der Waals surface area (Å²) in [5, 5.41) is 20.4. The minimum absolute atomic E-state index is 0.125. The van der Waals surface area contributed by atoms with Gasteiger partial charge in [-0.1, -0.05) is 6.07 Å². The molecule has 2 heterocycles. The monoisotopic (exact) mass is 269 g/mol. The number of carbonyl (C=O) groups excluding carboxylic acids is 1. The van der Waals surface area contributed by atoms with Crippen LogP contribution in [0.4, 0.5) is 0 Å². The van der Waals surface area contributed by atoms with Gasteiger partial charge in [0.25, 0.3) is 0 Å². The number of carboxylic acid groups (broad SMARTS) is 1. The van der Waals surface area contributed by atoms with E-state index in [1.807, 2.05) is 17.5 Å². The van der Waals surface area contributed by atoms with Crippen LogP contribution >= 0.6 is 11.3 Å². The average Bonchev–Trinajstić information content (AvgIpc) is 2.94. The molecule has 0 bridgehead atoms. The molecule has 2 rings (SSSR count). The lowest BCUT2D eigenvalue weighted by molar-refractivity contribution is -0.148. The molecule has 1 aliphatic heterocycles. The van der Waals surface area contributed by atoms with E-state index in [1.54, 1.807) is 11.3 Å². The van der Waals surface area contributed by atoms with Gasteiger partial charge < -0.3 is 15.1 Å². The molecule has 2 N–H and O–H groups in total. The molecule has 1 aliphatic rings. The number of hydrogen-bond donors (Lipinski definition) is 2. The van der Waals surface area contributed by atoms with Crippen LogP contribution in [0.1, 0.15) is 17.7 Å². The second-order valence-electron chi connectivity index (χ2n) is 4.37. The summed E-state index contributed by atoms with van der Waals surface area (Å²) in [5.74, 6) is -1.25. The number of aliphatic hydroxyl groups excluding tert-OH is 1. The van der Waals surface area contributed by atoms with Crippen LogP contribution in [0.3, 0.4) is 0 Å². The Kier molecular flexibility index (Phi) is 3.98. The lowest BCUT2D eigenvalue weighted by Crippen LogP contribution is -2.40. The van der Waals surface area contributed by atoms with Crippen molar-refractivity contribution in [1.82, 2.24) is 4.90 Å². The maximum absolute atomic E-state index is 12.0. The molecule has 2 atom stereocenters. The van der Waals surface area contributed by atoms with E-state index < -0.39 is 18.1 Å². The molecule has 1 aromatic heterocycles. The zero-order valence-corrected chi connectivity index (χ0v) is 10.6. The third-order valence-electron chi connectivity index (χ3n) is 3.05. The molecule has 0 radical (unpaired) electrons. The molecule has 1 fully saturated rings. The number of amides is 1. The molecule has 0 spiro atoms. The van der Waals surface area contributed by atoms with Crippen LogP contribution in [0.15, 0.2) is 17.5 Å². The molecular weight excluding hydrogens is 254 g/mol. The molecule has 1 aromatic rings. The topological polar surface area (TPSA) is 77.8 Å². The van der Waals surface area contributed by atoms with Crippen molar-refractivity contribution in [3.8, 4) is 0 Å². The van der Waals surface area contributed by atoms with Crippen molar-refractivity contribution < 1.29 is 19.8 Å². The summed E-state index contributed by atoms with van der Waals surface area (Å²) in [7, 11) is 0. The summed E-state index contributed by atoms with van der Waals surface area (Å²) < 4.78 is 0. The lowest BCUT2D eigenvalue weighted by atomic mass is 10.2. The van der Waals surface area contributed by atoms with Crippen molar-refractivity contribution in [2.75, 3.05) is 6.54 Å². The van der Waals surface area contributed by atoms with Gasteiger partial charge in [-0.3, -0.25) is 4.79 Å². The van der Waals surface area contributed by atoms with Crippen LogP contribution in [0.5, 0.6) is 0 Å². The van der Waals surface area contributed by atoms with Crippen LogP contribution < -0.4 is 0 Å². The van der Waals surface area contributed by atoms with E-state index in [4.69, 9.17) is 5.11 Å². The highest BCUT2D eigenvalue weighted by Crippen LogP contribution is 2.20. The van der Waals surface area contributed by atoms with Gasteiger partial charge in [0.15, 0.2) is 0 Å². The van der Waals surface area contributed by atoms with Gasteiger partial charge in [-0.25, -0.2) is 4.79 Å². The maximum atomic E-state index is 12.0. The summed E-state index contributed by atoms with van der Waals surface area (Å²) in [6, 6.07) is 2.99. The van der Waals surface area contributed by atoms with Crippen LogP contribution in [0.25, 0.3) is 0 Å². The normalized spacial score (nSPS) is 23.3. The van der Waals surface area contributed by atoms with Gasteiger partial charge in [0.1, 0.15) is 6.04 Å². The number of rotatable bonds is 4. The van der Waals surface area contributed by atoms with Gasteiger partial charge in [-0.15, -0.1) is 11.3 Å². The number of carbonyl (C=O) groups is 2. The maximum Gasteiger partial charge on any atom is 0.326 e. The van der Waals surface area contributed by atoms with Gasteiger partial charge in [0.05, 0.1) is 6.10 Å². The first-order chi connectivity index (χ1) is 8.58. The van der Waals surface area contributed by atoms with Gasteiger partial charge in [0, 0.05) is 24.3 Å². The standard InChI is InChI=1S/C12H15NO4S/c14-8-6-10(12(16)17)13(7-8)11(15)4-3-9-2-1-5-18-9/h1-2,5,8,10,14H,3-4,6-7H2,(H,16,17)/t8?,10-/m0/s1. The van der Waals surface area contributed by atoms with Crippen molar-refractivity contribution in [2.45, 2.75) is 31.4 Å². The van der Waals surface area contributed by atoms with Crippen molar-refractivity contribution in [3.63, 3.8) is 0 Å². The second kappa shape index (κ2) is 5.49. The molecule has 0 saturated carbocycles. The van der Waals surface area contributed by atoms with Crippen molar-refractivity contribution in [1.29, 1.82) is 0 Å². The number of hydrogen-bond acceptors (Lipinski definition) is 4. The smallest absolute Gasteiger partial charge is 0.326 e. The van der Waals surface area contributed by atoms with Crippen molar-refractivity contribution in [2.24, 2.45) is 0 Å². The van der Waals surface area contributed by atoms with E-state index in [9.17, 15) is 14.7 Å². The molecule has 0 aromatic carbocycles. The molecule has 5 nitrogen and oxygen atoms in total. The number of aliphatic carboxylic acids is 1. The number of thiophene rings is 1. The third-order valence-corrected chi connectivity index (χ3v) is 3.99. The predicted molar refractivity (Wildman–Crippen MR) is 66.4 cm³/mol. The van der Waals surface area contributed by atoms with Crippen LogP contribution in [0, 0.1) is 0 Å². The van der Waals surface area contributed by atoms with Crippen molar-refractivity contribution in [3.05, 3.63) is 22.4 Å². The van der Waals surface area contributed by atoms with E-state index in [0.717, 1.165) is 4.88 Å². The fourth-order valence-corrected chi connectivity index (χ4v) is 2.86.